The number of nitrogens with one attached hydrogen (secondary N) is 1. The van der Waals surface area contributed by atoms with Crippen LogP contribution in [0.3, 0.4) is 0 Å². The Hall–Kier alpha value is -2.31. The number of nitro benzene ring substituents is 1. The van der Waals surface area contributed by atoms with Crippen LogP contribution in [-0.4, -0.2) is 21.4 Å². The molecule has 0 fully saturated rings. The number of benzene rings is 2. The number of fused-ring (bicyclic) bond motifs is 1. The molecule has 1 heterocycles. The van der Waals surface area contributed by atoms with Crippen LogP contribution in [0.15, 0.2) is 53.6 Å². The Morgan fingerprint density at radius 2 is 1.96 bits per heavy atom. The first-order chi connectivity index (χ1) is 11.0. The molecule has 0 radical (unpaired) electrons. The number of rotatable bonds is 5. The van der Waals surface area contributed by atoms with Gasteiger partial charge >= 0.3 is 0 Å². The molecule has 0 unspecified atom stereocenters. The fraction of sp³-hybridized carbons (Fsp3) is 0.0625. The van der Waals surface area contributed by atoms with Crippen LogP contribution in [0.5, 0.6) is 0 Å². The minimum absolute atomic E-state index is 0.0310. The highest BCUT2D eigenvalue weighted by molar-refractivity contribution is 8.00. The maximum Gasteiger partial charge on any atom is 0.270 e. The predicted molar refractivity (Wildman–Crippen MR) is 91.5 cm³/mol. The molecule has 0 aliphatic rings. The molecule has 1 N–H and O–H groups in total. The van der Waals surface area contributed by atoms with Crippen LogP contribution < -0.4 is 0 Å². The van der Waals surface area contributed by atoms with E-state index in [1.165, 1.54) is 23.9 Å². The molecule has 0 aliphatic heterocycles. The lowest BCUT2D eigenvalue weighted by Crippen LogP contribution is -2.01. The van der Waals surface area contributed by atoms with Gasteiger partial charge in [0.15, 0.2) is 5.78 Å². The van der Waals surface area contributed by atoms with Crippen molar-refractivity contribution >= 4 is 45.7 Å². The van der Waals surface area contributed by atoms with Crippen LogP contribution in [0.1, 0.15) is 10.4 Å². The topological polar surface area (TPSA) is 76.0 Å². The van der Waals surface area contributed by atoms with E-state index in [2.05, 4.69) is 4.98 Å². The van der Waals surface area contributed by atoms with Crippen molar-refractivity contribution in [3.63, 3.8) is 0 Å². The monoisotopic (exact) mass is 346 g/mol. The summed E-state index contributed by atoms with van der Waals surface area (Å²) in [6, 6.07) is 11.7. The largest absolute Gasteiger partial charge is 0.360 e. The molecule has 0 bridgehead atoms. The Balaban J connectivity index is 1.81. The zero-order chi connectivity index (χ0) is 16.4. The van der Waals surface area contributed by atoms with E-state index >= 15 is 0 Å². The Labute approximate surface area is 140 Å². The van der Waals surface area contributed by atoms with Crippen molar-refractivity contribution in [1.82, 2.24) is 4.98 Å². The molecular weight excluding hydrogens is 336 g/mol. The summed E-state index contributed by atoms with van der Waals surface area (Å²) in [7, 11) is 0. The van der Waals surface area contributed by atoms with Gasteiger partial charge in [-0.25, -0.2) is 0 Å². The SMILES string of the molecule is O=C(CSc1ccc(Cl)cc1)c1c[nH]c2ccc([N+](=O)[O-])cc12. The third-order valence-electron chi connectivity index (χ3n) is 3.36. The molecule has 0 aliphatic carbocycles. The number of nitro groups is 1. The summed E-state index contributed by atoms with van der Waals surface area (Å²) in [5.41, 5.74) is 1.14. The highest BCUT2D eigenvalue weighted by Gasteiger charge is 2.15. The van der Waals surface area contributed by atoms with Gasteiger partial charge in [0, 0.05) is 44.7 Å². The summed E-state index contributed by atoms with van der Waals surface area (Å²) in [4.78, 5) is 26.7. The number of ketones is 1. The van der Waals surface area contributed by atoms with Crippen molar-refractivity contribution in [2.45, 2.75) is 4.90 Å². The number of aromatic amines is 1. The molecule has 1 aromatic heterocycles. The zero-order valence-electron chi connectivity index (χ0n) is 11.8. The number of carbonyl (C=O) groups is 1. The summed E-state index contributed by atoms with van der Waals surface area (Å²) >= 11 is 7.22. The summed E-state index contributed by atoms with van der Waals surface area (Å²) < 4.78 is 0. The maximum absolute atomic E-state index is 12.4. The normalized spacial score (nSPS) is 10.8. The van der Waals surface area contributed by atoms with Crippen LogP contribution in [-0.2, 0) is 0 Å². The average Bonchev–Trinajstić information content (AvgIpc) is 2.97. The van der Waals surface area contributed by atoms with Gasteiger partial charge in [-0.2, -0.15) is 0 Å². The highest BCUT2D eigenvalue weighted by atomic mass is 35.5. The number of halogens is 1. The molecule has 5 nitrogen and oxygen atoms in total. The van der Waals surface area contributed by atoms with Gasteiger partial charge in [-0.15, -0.1) is 11.8 Å². The number of aromatic nitrogens is 1. The number of Topliss-reactive ketones (excluding diaryl/α,β-unsaturated/α-hetero) is 1. The minimum atomic E-state index is -0.469. The lowest BCUT2D eigenvalue weighted by molar-refractivity contribution is -0.384. The van der Waals surface area contributed by atoms with Crippen LogP contribution in [0.2, 0.25) is 5.02 Å². The van der Waals surface area contributed by atoms with Crippen molar-refractivity contribution in [3.8, 4) is 0 Å². The predicted octanol–water partition coefficient (Wildman–Crippen LogP) is 4.70. The second kappa shape index (κ2) is 6.44. The molecule has 7 heteroatoms. The number of carbonyl (C=O) groups excluding carboxylic acids is 1. The Morgan fingerprint density at radius 1 is 1.22 bits per heavy atom. The highest BCUT2D eigenvalue weighted by Crippen LogP contribution is 2.26. The van der Waals surface area contributed by atoms with Gasteiger partial charge in [0.1, 0.15) is 0 Å². The third kappa shape index (κ3) is 3.38. The fourth-order valence-corrected chi connectivity index (χ4v) is 3.12. The molecule has 2 aromatic carbocycles. The first-order valence-corrected chi connectivity index (χ1v) is 8.08. The van der Waals surface area contributed by atoms with E-state index < -0.39 is 4.92 Å². The Kier molecular flexibility index (Phi) is 4.36. The van der Waals surface area contributed by atoms with E-state index in [1.54, 1.807) is 24.4 Å². The molecule has 0 amide bonds. The molecule has 0 saturated heterocycles. The Bertz CT molecular complexity index is 890. The summed E-state index contributed by atoms with van der Waals surface area (Å²) in [6.45, 7) is 0. The van der Waals surface area contributed by atoms with Gasteiger partial charge in [-0.3, -0.25) is 14.9 Å². The van der Waals surface area contributed by atoms with Gasteiger partial charge in [0.2, 0.25) is 0 Å². The van der Waals surface area contributed by atoms with Crippen molar-refractivity contribution < 1.29 is 9.72 Å². The number of hydrogen-bond acceptors (Lipinski definition) is 4. The second-order valence-electron chi connectivity index (χ2n) is 4.86. The Morgan fingerprint density at radius 3 is 2.65 bits per heavy atom. The lowest BCUT2D eigenvalue weighted by Gasteiger charge is -2.01. The van der Waals surface area contributed by atoms with E-state index in [1.807, 2.05) is 12.1 Å². The lowest BCUT2D eigenvalue weighted by atomic mass is 10.1. The van der Waals surface area contributed by atoms with E-state index in [9.17, 15) is 14.9 Å². The molecule has 0 atom stereocenters. The first-order valence-electron chi connectivity index (χ1n) is 6.71. The van der Waals surface area contributed by atoms with Gasteiger partial charge in [-0.05, 0) is 30.3 Å². The van der Waals surface area contributed by atoms with Gasteiger partial charge < -0.3 is 4.98 Å². The maximum atomic E-state index is 12.4. The second-order valence-corrected chi connectivity index (χ2v) is 6.34. The van der Waals surface area contributed by atoms with Crippen LogP contribution in [0.4, 0.5) is 5.69 Å². The van der Waals surface area contributed by atoms with Crippen LogP contribution >= 0.6 is 23.4 Å². The van der Waals surface area contributed by atoms with Gasteiger partial charge in [-0.1, -0.05) is 11.6 Å². The molecule has 116 valence electrons. The molecule has 0 saturated carbocycles. The standard InChI is InChI=1S/C16H11ClN2O3S/c17-10-1-4-12(5-2-10)23-9-16(20)14-8-18-15-6-3-11(19(21)22)7-13(14)15/h1-8,18H,9H2. The molecular formula is C16H11ClN2O3S. The summed E-state index contributed by atoms with van der Waals surface area (Å²) in [5.74, 6) is 0.161. The van der Waals surface area contributed by atoms with Crippen LogP contribution in [0.25, 0.3) is 10.9 Å². The minimum Gasteiger partial charge on any atom is -0.360 e. The molecule has 23 heavy (non-hydrogen) atoms. The number of non-ortho nitro benzene ring substituents is 1. The molecule has 0 spiro atoms. The molecule has 3 aromatic rings. The van der Waals surface area contributed by atoms with Crippen molar-refractivity contribution in [2.24, 2.45) is 0 Å². The number of hydrogen-bond donors (Lipinski definition) is 1. The summed E-state index contributed by atoms with van der Waals surface area (Å²) in [5, 5.41) is 12.1. The quantitative estimate of drug-likeness (QED) is 0.314. The van der Waals surface area contributed by atoms with E-state index in [-0.39, 0.29) is 17.2 Å². The summed E-state index contributed by atoms with van der Waals surface area (Å²) in [6.07, 6.45) is 1.60. The van der Waals surface area contributed by atoms with E-state index in [0.29, 0.717) is 21.5 Å². The van der Waals surface area contributed by atoms with Crippen molar-refractivity contribution in [1.29, 1.82) is 0 Å². The zero-order valence-corrected chi connectivity index (χ0v) is 13.4. The van der Waals surface area contributed by atoms with Crippen molar-refractivity contribution in [2.75, 3.05) is 5.75 Å². The fourth-order valence-electron chi connectivity index (χ4n) is 2.21. The third-order valence-corrected chi connectivity index (χ3v) is 4.62. The van der Waals surface area contributed by atoms with E-state index in [4.69, 9.17) is 11.6 Å². The van der Waals surface area contributed by atoms with Crippen molar-refractivity contribution in [3.05, 3.63) is 69.4 Å². The number of nitrogens with zero attached hydrogens (tertiary/aromatic N) is 1. The van der Waals surface area contributed by atoms with E-state index in [0.717, 1.165) is 4.90 Å². The number of thioether (sulfide) groups is 1. The van der Waals surface area contributed by atoms with Gasteiger partial charge in [0.25, 0.3) is 5.69 Å². The number of H-pyrrole nitrogens is 1. The smallest absolute Gasteiger partial charge is 0.270 e. The first kappa shape index (κ1) is 15.6. The van der Waals surface area contributed by atoms with Crippen LogP contribution in [0, 0.1) is 10.1 Å². The van der Waals surface area contributed by atoms with Gasteiger partial charge in [0.05, 0.1) is 10.7 Å². The average molecular weight is 347 g/mol. The molecule has 3 rings (SSSR count).